The van der Waals surface area contributed by atoms with E-state index in [1.807, 2.05) is 13.8 Å². The van der Waals surface area contributed by atoms with Crippen LogP contribution in [0, 0.1) is 11.6 Å². The molecule has 1 aromatic heterocycles. The number of benzene rings is 1. The van der Waals surface area contributed by atoms with Gasteiger partial charge >= 0.3 is 0 Å². The first-order chi connectivity index (χ1) is 11.3. The zero-order valence-electron chi connectivity index (χ0n) is 14.1. The van der Waals surface area contributed by atoms with Crippen molar-refractivity contribution >= 4 is 17.2 Å². The summed E-state index contributed by atoms with van der Waals surface area (Å²) in [6.07, 6.45) is 0. The highest BCUT2D eigenvalue weighted by molar-refractivity contribution is 7.09. The Hall–Kier alpha value is -1.86. The van der Waals surface area contributed by atoms with Crippen molar-refractivity contribution in [3.63, 3.8) is 0 Å². The second-order valence-electron chi connectivity index (χ2n) is 6.05. The van der Waals surface area contributed by atoms with Gasteiger partial charge in [0, 0.05) is 23.4 Å². The Bertz CT molecular complexity index is 695. The summed E-state index contributed by atoms with van der Waals surface area (Å²) >= 11 is 1.43. The highest BCUT2D eigenvalue weighted by Gasteiger charge is 2.23. The number of carbonyl (C=O) groups excluding carboxylic acids is 1. The van der Waals surface area contributed by atoms with E-state index in [4.69, 9.17) is 0 Å². The second-order valence-corrected chi connectivity index (χ2v) is 6.94. The zero-order valence-corrected chi connectivity index (χ0v) is 15.0. The molecule has 0 fully saturated rings. The molecule has 0 saturated carbocycles. The van der Waals surface area contributed by atoms with Crippen LogP contribution in [0.1, 0.15) is 46.9 Å². The number of hydrogen-bond acceptors (Lipinski definition) is 4. The number of aromatic nitrogens is 1. The van der Waals surface area contributed by atoms with Crippen LogP contribution in [-0.4, -0.2) is 36.4 Å². The number of nitrogens with one attached hydrogen (secondary N) is 1. The van der Waals surface area contributed by atoms with E-state index in [2.05, 4.69) is 10.3 Å². The van der Waals surface area contributed by atoms with E-state index in [-0.39, 0.29) is 23.9 Å². The first kappa shape index (κ1) is 18.5. The second kappa shape index (κ2) is 7.81. The highest BCUT2D eigenvalue weighted by atomic mass is 32.1. The Morgan fingerprint density at radius 1 is 1.29 bits per heavy atom. The van der Waals surface area contributed by atoms with Crippen LogP contribution in [0.5, 0.6) is 0 Å². The predicted molar refractivity (Wildman–Crippen MR) is 91.3 cm³/mol. The molecule has 0 aliphatic heterocycles. The van der Waals surface area contributed by atoms with Gasteiger partial charge in [0.25, 0.3) is 5.91 Å². The molecule has 0 aliphatic rings. The minimum Gasteiger partial charge on any atom is -0.349 e. The van der Waals surface area contributed by atoms with Crippen LogP contribution in [0.25, 0.3) is 0 Å². The molecule has 0 bridgehead atoms. The van der Waals surface area contributed by atoms with Crippen LogP contribution in [0.4, 0.5) is 8.78 Å². The summed E-state index contributed by atoms with van der Waals surface area (Å²) in [5.41, 5.74) is 0.277. The van der Waals surface area contributed by atoms with Gasteiger partial charge in [-0.05, 0) is 26.2 Å². The summed E-state index contributed by atoms with van der Waals surface area (Å²) in [6.45, 7) is 4.09. The molecule has 0 saturated heterocycles. The molecule has 1 amide bonds. The summed E-state index contributed by atoms with van der Waals surface area (Å²) in [5.74, 6) is -1.35. The number of likely N-dealkylation sites (N-methyl/N-ethyl adjacent to an activating group) is 1. The topological polar surface area (TPSA) is 45.2 Å². The quantitative estimate of drug-likeness (QED) is 0.863. The molecule has 1 aromatic carbocycles. The maximum Gasteiger partial charge on any atom is 0.270 e. The van der Waals surface area contributed by atoms with E-state index in [1.165, 1.54) is 29.5 Å². The molecular weight excluding hydrogens is 332 g/mol. The van der Waals surface area contributed by atoms with Gasteiger partial charge in [0.2, 0.25) is 0 Å². The average Bonchev–Trinajstić information content (AvgIpc) is 2.99. The Labute approximate surface area is 144 Å². The van der Waals surface area contributed by atoms with Gasteiger partial charge < -0.3 is 10.2 Å². The molecule has 4 nitrogen and oxygen atoms in total. The van der Waals surface area contributed by atoms with Crippen molar-refractivity contribution in [3.05, 3.63) is 51.5 Å². The first-order valence-electron chi connectivity index (χ1n) is 7.65. The first-order valence-corrected chi connectivity index (χ1v) is 8.53. The van der Waals surface area contributed by atoms with Gasteiger partial charge in [0.05, 0.1) is 11.0 Å². The summed E-state index contributed by atoms with van der Waals surface area (Å²) in [7, 11) is 3.42. The molecule has 0 aliphatic carbocycles. The van der Waals surface area contributed by atoms with Crippen molar-refractivity contribution in [1.82, 2.24) is 15.2 Å². The minimum atomic E-state index is -0.626. The van der Waals surface area contributed by atoms with Crippen molar-refractivity contribution in [1.29, 1.82) is 0 Å². The lowest BCUT2D eigenvalue weighted by Crippen LogP contribution is -2.35. The van der Waals surface area contributed by atoms with E-state index < -0.39 is 17.7 Å². The lowest BCUT2D eigenvalue weighted by molar-refractivity contribution is 0.0936. The predicted octanol–water partition coefficient (Wildman–Crippen LogP) is 3.58. The van der Waals surface area contributed by atoms with Gasteiger partial charge in [-0.25, -0.2) is 13.8 Å². The Kier molecular flexibility index (Phi) is 6.01. The molecule has 2 rings (SSSR count). The highest BCUT2D eigenvalue weighted by Crippen LogP contribution is 2.24. The zero-order chi connectivity index (χ0) is 17.9. The number of rotatable bonds is 6. The average molecular weight is 353 g/mol. The maximum absolute atomic E-state index is 14.0. The monoisotopic (exact) mass is 353 g/mol. The number of amides is 1. The van der Waals surface area contributed by atoms with Crippen molar-refractivity contribution in [2.24, 2.45) is 0 Å². The Morgan fingerprint density at radius 3 is 2.42 bits per heavy atom. The largest absolute Gasteiger partial charge is 0.349 e. The van der Waals surface area contributed by atoms with E-state index in [9.17, 15) is 13.6 Å². The molecule has 24 heavy (non-hydrogen) atoms. The Morgan fingerprint density at radius 2 is 1.92 bits per heavy atom. The third-order valence-electron chi connectivity index (χ3n) is 3.66. The number of thiazole rings is 1. The van der Waals surface area contributed by atoms with E-state index in [1.54, 1.807) is 24.4 Å². The molecule has 2 aromatic rings. The third-order valence-corrected chi connectivity index (χ3v) is 4.81. The van der Waals surface area contributed by atoms with Crippen molar-refractivity contribution < 1.29 is 13.6 Å². The lowest BCUT2D eigenvalue weighted by atomic mass is 10.0. The van der Waals surface area contributed by atoms with E-state index >= 15 is 0 Å². The fourth-order valence-corrected chi connectivity index (χ4v) is 3.12. The van der Waals surface area contributed by atoms with Crippen molar-refractivity contribution in [2.75, 3.05) is 20.6 Å². The van der Waals surface area contributed by atoms with Gasteiger partial charge in [0.15, 0.2) is 0 Å². The number of carbonyl (C=O) groups is 1. The van der Waals surface area contributed by atoms with Gasteiger partial charge in [-0.15, -0.1) is 11.3 Å². The fourth-order valence-electron chi connectivity index (χ4n) is 2.31. The van der Waals surface area contributed by atoms with Crippen LogP contribution in [0.2, 0.25) is 0 Å². The molecular formula is C17H21F2N3OS. The number of nitrogens with zero attached hydrogens (tertiary/aromatic N) is 2. The summed E-state index contributed by atoms with van der Waals surface area (Å²) in [4.78, 5) is 18.2. The molecule has 0 spiro atoms. The minimum absolute atomic E-state index is 0.0519. The maximum atomic E-state index is 14.0. The lowest BCUT2D eigenvalue weighted by Gasteiger charge is -2.25. The number of hydrogen-bond donors (Lipinski definition) is 1. The van der Waals surface area contributed by atoms with Gasteiger partial charge in [0.1, 0.15) is 17.3 Å². The van der Waals surface area contributed by atoms with Gasteiger partial charge in [-0.2, -0.15) is 0 Å². The normalized spacial score (nSPS) is 12.7. The standard InChI is InChI=1S/C17H21F2N3OS/c1-10(2)17-21-13(9-24-17)16(23)20-8-14(22(3)4)15-11(18)6-5-7-12(15)19/h5-7,9-10,14H,8H2,1-4H3,(H,20,23). The third kappa shape index (κ3) is 4.15. The van der Waals surface area contributed by atoms with Crippen molar-refractivity contribution in [3.8, 4) is 0 Å². The smallest absolute Gasteiger partial charge is 0.270 e. The van der Waals surface area contributed by atoms with Gasteiger partial charge in [-0.1, -0.05) is 19.9 Å². The van der Waals surface area contributed by atoms with E-state index in [0.717, 1.165) is 5.01 Å². The summed E-state index contributed by atoms with van der Waals surface area (Å²) < 4.78 is 28.0. The Balaban J connectivity index is 2.13. The summed E-state index contributed by atoms with van der Waals surface area (Å²) in [5, 5.41) is 5.29. The molecule has 130 valence electrons. The SMILES string of the molecule is CC(C)c1nc(C(=O)NCC(c2c(F)cccc2F)N(C)C)cs1. The molecule has 1 atom stereocenters. The molecule has 1 N–H and O–H groups in total. The molecule has 1 unspecified atom stereocenters. The van der Waals surface area contributed by atoms with Crippen LogP contribution < -0.4 is 5.32 Å². The number of halogens is 2. The van der Waals surface area contributed by atoms with Crippen LogP contribution in [-0.2, 0) is 0 Å². The van der Waals surface area contributed by atoms with Crippen molar-refractivity contribution in [2.45, 2.75) is 25.8 Å². The molecule has 1 heterocycles. The van der Waals surface area contributed by atoms with Crippen LogP contribution in [0.15, 0.2) is 23.6 Å². The summed E-state index contributed by atoms with van der Waals surface area (Å²) in [6, 6.07) is 3.14. The fraction of sp³-hybridized carbons (Fsp3) is 0.412. The van der Waals surface area contributed by atoms with E-state index in [0.29, 0.717) is 5.69 Å². The van der Waals surface area contributed by atoms with Crippen LogP contribution in [0.3, 0.4) is 0 Å². The molecule has 0 radical (unpaired) electrons. The van der Waals surface area contributed by atoms with Crippen LogP contribution >= 0.6 is 11.3 Å². The molecule has 7 heteroatoms. The van der Waals surface area contributed by atoms with Gasteiger partial charge in [-0.3, -0.25) is 4.79 Å².